The molecule has 2 N–H and O–H groups in total. The summed E-state index contributed by atoms with van der Waals surface area (Å²) in [5, 5.41) is 2.51. The van der Waals surface area contributed by atoms with Crippen LogP contribution in [0, 0.1) is 0 Å². The molecule has 0 saturated carbocycles. The Kier molecular flexibility index (Phi) is 1.59. The fourth-order valence-electron chi connectivity index (χ4n) is 0.741. The highest BCUT2D eigenvalue weighted by molar-refractivity contribution is 7.14. The topological polar surface area (TPSA) is 51.8 Å². The third-order valence-corrected chi connectivity index (χ3v) is 2.59. The van der Waals surface area contributed by atoms with Gasteiger partial charge in [-0.3, -0.25) is 0 Å². The molecule has 11 heavy (non-hydrogen) atoms. The van der Waals surface area contributed by atoms with Crippen LogP contribution in [-0.2, 0) is 0 Å². The third kappa shape index (κ3) is 1.24. The molecule has 0 spiro atoms. The quantitative estimate of drug-likeness (QED) is 0.734. The first-order valence-electron chi connectivity index (χ1n) is 2.99. The van der Waals surface area contributed by atoms with Crippen LogP contribution >= 0.6 is 22.9 Å². The molecule has 0 amide bonds. The number of rotatable bonds is 1. The highest BCUT2D eigenvalue weighted by Gasteiger charge is 2.03. The van der Waals surface area contributed by atoms with Crippen LogP contribution in [0.25, 0.3) is 10.7 Å². The van der Waals surface area contributed by atoms with Gasteiger partial charge in [-0.05, 0) is 11.4 Å². The van der Waals surface area contributed by atoms with Crippen molar-refractivity contribution < 1.29 is 0 Å². The van der Waals surface area contributed by atoms with E-state index in [4.69, 9.17) is 5.73 Å². The van der Waals surface area contributed by atoms with Gasteiger partial charge in [0.15, 0.2) is 11.0 Å². The van der Waals surface area contributed by atoms with Gasteiger partial charge in [-0.1, -0.05) is 6.07 Å². The molecule has 0 aromatic carbocycles. The van der Waals surface area contributed by atoms with E-state index in [1.54, 1.807) is 11.3 Å². The van der Waals surface area contributed by atoms with Crippen molar-refractivity contribution in [3.63, 3.8) is 0 Å². The number of anilines is 1. The molecule has 2 heterocycles. The molecule has 0 unspecified atom stereocenters. The zero-order chi connectivity index (χ0) is 7.68. The van der Waals surface area contributed by atoms with Crippen molar-refractivity contribution in [2.45, 2.75) is 0 Å². The summed E-state index contributed by atoms with van der Waals surface area (Å²) < 4.78 is 4.07. The Bertz CT molecular complexity index is 338. The van der Waals surface area contributed by atoms with Crippen LogP contribution in [0.2, 0.25) is 0 Å². The maximum Gasteiger partial charge on any atom is 0.200 e. The number of hydrogen-bond donors (Lipinski definition) is 1. The van der Waals surface area contributed by atoms with Crippen molar-refractivity contribution >= 4 is 28.0 Å². The smallest absolute Gasteiger partial charge is 0.200 e. The van der Waals surface area contributed by atoms with Gasteiger partial charge in [0, 0.05) is 11.5 Å². The highest BCUT2D eigenvalue weighted by Crippen LogP contribution is 2.23. The fraction of sp³-hybridized carbons (Fsp3) is 0. The zero-order valence-electron chi connectivity index (χ0n) is 5.52. The Morgan fingerprint density at radius 1 is 1.45 bits per heavy atom. The minimum absolute atomic E-state index is 0.522. The molecule has 2 aromatic heterocycles. The Morgan fingerprint density at radius 2 is 2.36 bits per heavy atom. The van der Waals surface area contributed by atoms with E-state index in [9.17, 15) is 0 Å². The average Bonchev–Trinajstić information content (AvgIpc) is 2.55. The SMILES string of the molecule is Nc1nc(-c2cccs2)ns1. The summed E-state index contributed by atoms with van der Waals surface area (Å²) in [5.74, 6) is 0.738. The van der Waals surface area contributed by atoms with Crippen LogP contribution < -0.4 is 5.73 Å². The normalized spacial score (nSPS) is 10.2. The molecule has 0 aliphatic heterocycles. The van der Waals surface area contributed by atoms with E-state index in [0.717, 1.165) is 10.7 Å². The lowest BCUT2D eigenvalue weighted by Gasteiger charge is -1.82. The first kappa shape index (κ1) is 6.75. The van der Waals surface area contributed by atoms with Crippen molar-refractivity contribution in [1.82, 2.24) is 9.36 Å². The Labute approximate surface area is 71.7 Å². The van der Waals surface area contributed by atoms with Crippen LogP contribution in [0.4, 0.5) is 5.13 Å². The number of nitrogens with two attached hydrogens (primary N) is 1. The largest absolute Gasteiger partial charge is 0.374 e. The molecule has 0 radical (unpaired) electrons. The van der Waals surface area contributed by atoms with E-state index in [2.05, 4.69) is 9.36 Å². The van der Waals surface area contributed by atoms with E-state index in [1.807, 2.05) is 17.5 Å². The molecule has 3 nitrogen and oxygen atoms in total. The maximum atomic E-state index is 5.43. The Balaban J connectivity index is 2.45. The molecule has 0 fully saturated rings. The minimum Gasteiger partial charge on any atom is -0.374 e. The number of hydrogen-bond acceptors (Lipinski definition) is 5. The molecule has 0 aliphatic carbocycles. The summed E-state index contributed by atoms with van der Waals surface area (Å²) in [4.78, 5) is 5.12. The summed E-state index contributed by atoms with van der Waals surface area (Å²) in [6, 6.07) is 3.95. The van der Waals surface area contributed by atoms with Crippen LogP contribution in [-0.4, -0.2) is 9.36 Å². The van der Waals surface area contributed by atoms with Gasteiger partial charge in [0.25, 0.3) is 0 Å². The Hall–Kier alpha value is -0.940. The monoisotopic (exact) mass is 183 g/mol. The van der Waals surface area contributed by atoms with Crippen molar-refractivity contribution in [1.29, 1.82) is 0 Å². The first-order valence-corrected chi connectivity index (χ1v) is 4.64. The molecule has 2 aromatic rings. The Morgan fingerprint density at radius 3 is 2.91 bits per heavy atom. The van der Waals surface area contributed by atoms with Gasteiger partial charge in [0.2, 0.25) is 0 Å². The van der Waals surface area contributed by atoms with Crippen molar-refractivity contribution in [3.8, 4) is 10.7 Å². The molecule has 0 saturated heterocycles. The lowest BCUT2D eigenvalue weighted by Crippen LogP contribution is -1.80. The standard InChI is InChI=1S/C6H5N3S2/c7-6-8-5(9-11-6)4-2-1-3-10-4/h1-3H,(H2,7,8,9). The number of thiophene rings is 1. The molecule has 0 aliphatic rings. The predicted octanol–water partition coefficient (Wildman–Crippen LogP) is 1.85. The summed E-state index contributed by atoms with van der Waals surface area (Å²) >= 11 is 2.84. The summed E-state index contributed by atoms with van der Waals surface area (Å²) in [7, 11) is 0. The van der Waals surface area contributed by atoms with Crippen LogP contribution in [0.1, 0.15) is 0 Å². The summed E-state index contributed by atoms with van der Waals surface area (Å²) in [6.07, 6.45) is 0. The maximum absolute atomic E-state index is 5.43. The molecule has 56 valence electrons. The zero-order valence-corrected chi connectivity index (χ0v) is 7.15. The average molecular weight is 183 g/mol. The first-order chi connectivity index (χ1) is 5.36. The molecule has 2 rings (SSSR count). The second-order valence-corrected chi connectivity index (χ2v) is 3.66. The van der Waals surface area contributed by atoms with Gasteiger partial charge < -0.3 is 5.73 Å². The van der Waals surface area contributed by atoms with E-state index in [-0.39, 0.29) is 0 Å². The lowest BCUT2D eigenvalue weighted by molar-refractivity contribution is 1.35. The second kappa shape index (κ2) is 2.60. The second-order valence-electron chi connectivity index (χ2n) is 1.93. The van der Waals surface area contributed by atoms with Gasteiger partial charge in [0.05, 0.1) is 4.88 Å². The number of aromatic nitrogens is 2. The van der Waals surface area contributed by atoms with Gasteiger partial charge in [-0.15, -0.1) is 11.3 Å². The minimum atomic E-state index is 0.522. The van der Waals surface area contributed by atoms with E-state index in [0.29, 0.717) is 5.13 Å². The lowest BCUT2D eigenvalue weighted by atomic mass is 10.4. The highest BCUT2D eigenvalue weighted by atomic mass is 32.1. The molecular formula is C6H5N3S2. The molecule has 0 atom stereocenters. The van der Waals surface area contributed by atoms with Crippen LogP contribution in [0.5, 0.6) is 0 Å². The number of nitrogens with zero attached hydrogens (tertiary/aromatic N) is 2. The van der Waals surface area contributed by atoms with E-state index >= 15 is 0 Å². The van der Waals surface area contributed by atoms with Gasteiger partial charge in [-0.25, -0.2) is 0 Å². The fourth-order valence-corrected chi connectivity index (χ4v) is 1.90. The van der Waals surface area contributed by atoms with Gasteiger partial charge >= 0.3 is 0 Å². The van der Waals surface area contributed by atoms with Crippen molar-refractivity contribution in [2.75, 3.05) is 5.73 Å². The van der Waals surface area contributed by atoms with E-state index in [1.165, 1.54) is 11.5 Å². The van der Waals surface area contributed by atoms with E-state index < -0.39 is 0 Å². The molecule has 0 bridgehead atoms. The molecule has 5 heteroatoms. The molecular weight excluding hydrogens is 178 g/mol. The number of nitrogen functional groups attached to an aromatic ring is 1. The third-order valence-electron chi connectivity index (χ3n) is 1.18. The summed E-state index contributed by atoms with van der Waals surface area (Å²) in [5.41, 5.74) is 5.43. The van der Waals surface area contributed by atoms with Crippen LogP contribution in [0.3, 0.4) is 0 Å². The van der Waals surface area contributed by atoms with Crippen molar-refractivity contribution in [2.24, 2.45) is 0 Å². The summed E-state index contributed by atoms with van der Waals surface area (Å²) in [6.45, 7) is 0. The predicted molar refractivity (Wildman–Crippen MR) is 47.6 cm³/mol. The van der Waals surface area contributed by atoms with Crippen molar-refractivity contribution in [3.05, 3.63) is 17.5 Å². The van der Waals surface area contributed by atoms with Gasteiger partial charge in [0.1, 0.15) is 0 Å². The van der Waals surface area contributed by atoms with Gasteiger partial charge in [-0.2, -0.15) is 9.36 Å². The van der Waals surface area contributed by atoms with Crippen LogP contribution in [0.15, 0.2) is 17.5 Å².